The quantitative estimate of drug-likeness (QED) is 0.694. The molecule has 2 amide bonds. The molecule has 1 N–H and O–H groups in total. The van der Waals surface area contributed by atoms with Crippen molar-refractivity contribution in [2.24, 2.45) is 0 Å². The van der Waals surface area contributed by atoms with Crippen molar-refractivity contribution in [1.82, 2.24) is 4.90 Å². The maximum absolute atomic E-state index is 12.5. The molecule has 0 radical (unpaired) electrons. The molecule has 2 aromatic rings. The number of phenolic OH excluding ortho intramolecular Hbond substituents is 1. The first-order valence-electron chi connectivity index (χ1n) is 7.54. The fourth-order valence-electron chi connectivity index (χ4n) is 2.64. The number of phenols is 1. The van der Waals surface area contributed by atoms with Crippen LogP contribution in [0.1, 0.15) is 17.5 Å². The van der Waals surface area contributed by atoms with Crippen molar-refractivity contribution in [3.05, 3.63) is 65.2 Å². The molecule has 0 atom stereocenters. The number of rotatable bonds is 4. The van der Waals surface area contributed by atoms with Crippen molar-refractivity contribution in [1.29, 1.82) is 0 Å². The minimum absolute atomic E-state index is 0.0270. The van der Waals surface area contributed by atoms with Crippen molar-refractivity contribution in [3.63, 3.8) is 0 Å². The summed E-state index contributed by atoms with van der Waals surface area (Å²) in [5.41, 5.74) is 2.04. The van der Waals surface area contributed by atoms with Crippen LogP contribution in [0.15, 0.2) is 54.1 Å². The number of methoxy groups -OCH3 is 1. The molecule has 0 spiro atoms. The Morgan fingerprint density at radius 2 is 1.92 bits per heavy atom. The Labute approximate surface area is 139 Å². The van der Waals surface area contributed by atoms with Gasteiger partial charge in [0.15, 0.2) is 11.5 Å². The molecule has 0 unspecified atom stereocenters. The third-order valence-electron chi connectivity index (χ3n) is 3.89. The average molecular weight is 323 g/mol. The molecule has 2 aromatic carbocycles. The monoisotopic (exact) mass is 323 g/mol. The summed E-state index contributed by atoms with van der Waals surface area (Å²) >= 11 is 0. The number of carbonyl (C=O) groups is 2. The predicted octanol–water partition coefficient (Wildman–Crippen LogP) is 2.74. The first kappa shape index (κ1) is 15.8. The minimum Gasteiger partial charge on any atom is -0.504 e. The summed E-state index contributed by atoms with van der Waals surface area (Å²) in [4.78, 5) is 25.9. The van der Waals surface area contributed by atoms with Gasteiger partial charge in [-0.05, 0) is 29.3 Å². The van der Waals surface area contributed by atoms with E-state index in [0.29, 0.717) is 16.9 Å². The van der Waals surface area contributed by atoms with Crippen LogP contribution in [0.25, 0.3) is 6.08 Å². The Balaban J connectivity index is 1.83. The molecule has 1 saturated heterocycles. The molecule has 1 heterocycles. The van der Waals surface area contributed by atoms with Gasteiger partial charge in [-0.2, -0.15) is 0 Å². The molecule has 1 aliphatic rings. The maximum Gasteiger partial charge on any atom is 0.257 e. The average Bonchev–Trinajstić information content (AvgIpc) is 2.85. The van der Waals surface area contributed by atoms with E-state index in [-0.39, 0.29) is 30.5 Å². The van der Waals surface area contributed by atoms with Gasteiger partial charge in [-0.25, -0.2) is 0 Å². The zero-order chi connectivity index (χ0) is 17.1. The number of hydrogen-bond donors (Lipinski definition) is 1. The van der Waals surface area contributed by atoms with Crippen molar-refractivity contribution in [2.75, 3.05) is 7.11 Å². The summed E-state index contributed by atoms with van der Waals surface area (Å²) < 4.78 is 5.06. The normalized spacial score (nSPS) is 16.0. The smallest absolute Gasteiger partial charge is 0.257 e. The van der Waals surface area contributed by atoms with E-state index in [0.717, 1.165) is 5.56 Å². The van der Waals surface area contributed by atoms with Crippen LogP contribution >= 0.6 is 0 Å². The summed E-state index contributed by atoms with van der Waals surface area (Å²) in [7, 11) is 1.46. The van der Waals surface area contributed by atoms with Crippen LogP contribution in [0, 0.1) is 0 Å². The predicted molar refractivity (Wildman–Crippen MR) is 89.3 cm³/mol. The van der Waals surface area contributed by atoms with Crippen LogP contribution in [0.4, 0.5) is 0 Å². The van der Waals surface area contributed by atoms with Crippen LogP contribution in [-0.4, -0.2) is 28.9 Å². The fourth-order valence-corrected chi connectivity index (χ4v) is 2.64. The van der Waals surface area contributed by atoms with Crippen molar-refractivity contribution < 1.29 is 19.4 Å². The molecular weight excluding hydrogens is 306 g/mol. The van der Waals surface area contributed by atoms with E-state index in [9.17, 15) is 14.7 Å². The van der Waals surface area contributed by atoms with Crippen LogP contribution in [-0.2, 0) is 16.1 Å². The number of ether oxygens (including phenoxy) is 1. The number of aromatic hydroxyl groups is 1. The molecule has 5 heteroatoms. The van der Waals surface area contributed by atoms with Crippen LogP contribution in [0.5, 0.6) is 11.5 Å². The molecule has 122 valence electrons. The number of amides is 2. The minimum atomic E-state index is -0.282. The summed E-state index contributed by atoms with van der Waals surface area (Å²) in [5, 5.41) is 9.62. The molecule has 1 aliphatic heterocycles. The highest BCUT2D eigenvalue weighted by Crippen LogP contribution is 2.29. The highest BCUT2D eigenvalue weighted by molar-refractivity contribution is 6.15. The second-order valence-corrected chi connectivity index (χ2v) is 5.55. The van der Waals surface area contributed by atoms with Gasteiger partial charge in [-0.1, -0.05) is 36.4 Å². The number of imide groups is 1. The van der Waals surface area contributed by atoms with Crippen LogP contribution < -0.4 is 4.74 Å². The molecule has 0 aliphatic carbocycles. The van der Waals surface area contributed by atoms with E-state index in [1.54, 1.807) is 18.2 Å². The van der Waals surface area contributed by atoms with E-state index in [1.165, 1.54) is 18.1 Å². The van der Waals surface area contributed by atoms with Crippen molar-refractivity contribution >= 4 is 17.9 Å². The van der Waals surface area contributed by atoms with Gasteiger partial charge >= 0.3 is 0 Å². The van der Waals surface area contributed by atoms with Gasteiger partial charge < -0.3 is 9.84 Å². The third kappa shape index (κ3) is 3.15. The molecule has 0 saturated carbocycles. The molecule has 0 aromatic heterocycles. The first-order valence-corrected chi connectivity index (χ1v) is 7.54. The van der Waals surface area contributed by atoms with Gasteiger partial charge in [-0.3, -0.25) is 14.5 Å². The zero-order valence-electron chi connectivity index (χ0n) is 13.2. The van der Waals surface area contributed by atoms with Gasteiger partial charge in [0.25, 0.3) is 5.91 Å². The van der Waals surface area contributed by atoms with Gasteiger partial charge in [0.2, 0.25) is 5.91 Å². The summed E-state index contributed by atoms with van der Waals surface area (Å²) in [6.07, 6.45) is 1.74. The standard InChI is InChI=1S/C19H17NO4/c1-24-17-10-14(7-8-16(17)21)9-15-11-18(22)20(19(15)23)12-13-5-3-2-4-6-13/h2-10,21H,11-12H2,1H3. The molecule has 5 nitrogen and oxygen atoms in total. The highest BCUT2D eigenvalue weighted by atomic mass is 16.5. The lowest BCUT2D eigenvalue weighted by Crippen LogP contribution is -2.28. The Hall–Kier alpha value is -3.08. The Bertz CT molecular complexity index is 811. The summed E-state index contributed by atoms with van der Waals surface area (Å²) in [5.74, 6) is -0.141. The lowest BCUT2D eigenvalue weighted by molar-refractivity contribution is -0.138. The molecular formula is C19H17NO4. The summed E-state index contributed by atoms with van der Waals surface area (Å²) in [6, 6.07) is 14.2. The number of hydrogen-bond acceptors (Lipinski definition) is 4. The third-order valence-corrected chi connectivity index (χ3v) is 3.89. The summed E-state index contributed by atoms with van der Waals surface area (Å²) in [6.45, 7) is 0.273. The lowest BCUT2D eigenvalue weighted by Gasteiger charge is -2.13. The van der Waals surface area contributed by atoms with Crippen molar-refractivity contribution in [3.8, 4) is 11.5 Å². The Kier molecular flexibility index (Phi) is 4.33. The van der Waals surface area contributed by atoms with Crippen LogP contribution in [0.2, 0.25) is 0 Å². The lowest BCUT2D eigenvalue weighted by atomic mass is 10.1. The molecule has 3 rings (SSSR count). The van der Waals surface area contributed by atoms with E-state index in [2.05, 4.69) is 0 Å². The second kappa shape index (κ2) is 6.58. The largest absolute Gasteiger partial charge is 0.504 e. The molecule has 1 fully saturated rings. The van der Waals surface area contributed by atoms with E-state index < -0.39 is 0 Å². The van der Waals surface area contributed by atoms with E-state index in [1.807, 2.05) is 30.3 Å². The number of likely N-dealkylation sites (tertiary alicyclic amines) is 1. The van der Waals surface area contributed by atoms with Crippen LogP contribution in [0.3, 0.4) is 0 Å². The van der Waals surface area contributed by atoms with Gasteiger partial charge in [0.05, 0.1) is 20.1 Å². The van der Waals surface area contributed by atoms with E-state index in [4.69, 9.17) is 4.74 Å². The SMILES string of the molecule is COc1cc(C=C2CC(=O)N(Cc3ccccc3)C2=O)ccc1O. The second-order valence-electron chi connectivity index (χ2n) is 5.55. The molecule has 0 bridgehead atoms. The maximum atomic E-state index is 12.5. The number of nitrogens with zero attached hydrogens (tertiary/aromatic N) is 1. The van der Waals surface area contributed by atoms with Gasteiger partial charge in [-0.15, -0.1) is 0 Å². The highest BCUT2D eigenvalue weighted by Gasteiger charge is 2.33. The van der Waals surface area contributed by atoms with Gasteiger partial charge in [0, 0.05) is 5.57 Å². The topological polar surface area (TPSA) is 66.8 Å². The zero-order valence-corrected chi connectivity index (χ0v) is 13.2. The molecule has 24 heavy (non-hydrogen) atoms. The Morgan fingerprint density at radius 3 is 2.62 bits per heavy atom. The van der Waals surface area contributed by atoms with Gasteiger partial charge in [0.1, 0.15) is 0 Å². The van der Waals surface area contributed by atoms with Crippen molar-refractivity contribution in [2.45, 2.75) is 13.0 Å². The Morgan fingerprint density at radius 1 is 1.17 bits per heavy atom. The number of benzene rings is 2. The number of carbonyl (C=O) groups excluding carboxylic acids is 2. The van der Waals surface area contributed by atoms with E-state index >= 15 is 0 Å². The fraction of sp³-hybridized carbons (Fsp3) is 0.158. The first-order chi connectivity index (χ1) is 11.6.